The van der Waals surface area contributed by atoms with Gasteiger partial charge in [0, 0.05) is 0 Å². The van der Waals surface area contributed by atoms with Gasteiger partial charge in [-0.1, -0.05) is 11.2 Å². The van der Waals surface area contributed by atoms with Crippen LogP contribution in [0.25, 0.3) is 0 Å². The highest BCUT2D eigenvalue weighted by molar-refractivity contribution is 6.24. The second-order valence-corrected chi connectivity index (χ2v) is 2.02. The fourth-order valence-electron chi connectivity index (χ4n) is 0.741. The number of carbonyl (C=O) groups excluding carboxylic acids is 1. The summed E-state index contributed by atoms with van der Waals surface area (Å²) < 4.78 is 35.9. The van der Waals surface area contributed by atoms with E-state index in [1.807, 2.05) is 0 Å². The highest BCUT2D eigenvalue weighted by atomic mass is 19.4. The van der Waals surface area contributed by atoms with E-state index in [4.69, 9.17) is 0 Å². The van der Waals surface area contributed by atoms with E-state index in [0.29, 0.717) is 0 Å². The fourth-order valence-corrected chi connectivity index (χ4v) is 0.741. The largest absolute Gasteiger partial charge is 0.437 e. The molecule has 0 saturated carbocycles. The first-order chi connectivity index (χ1) is 5.46. The van der Waals surface area contributed by atoms with E-state index in [0.717, 1.165) is 6.08 Å². The number of carbonyl (C=O) groups is 1. The van der Waals surface area contributed by atoms with Crippen molar-refractivity contribution in [1.82, 2.24) is 0 Å². The average molecular weight is 179 g/mol. The van der Waals surface area contributed by atoms with Crippen molar-refractivity contribution in [2.24, 2.45) is 5.16 Å². The molecule has 6 heteroatoms. The monoisotopic (exact) mass is 179 g/mol. The molecular formula is C6H4F3NO2. The maximum absolute atomic E-state index is 12.0. The van der Waals surface area contributed by atoms with E-state index in [1.54, 1.807) is 0 Å². The lowest BCUT2D eigenvalue weighted by Gasteiger charge is -2.02. The van der Waals surface area contributed by atoms with Crippen molar-refractivity contribution in [3.05, 3.63) is 11.6 Å². The van der Waals surface area contributed by atoms with Crippen molar-refractivity contribution >= 4 is 11.7 Å². The van der Waals surface area contributed by atoms with E-state index < -0.39 is 23.4 Å². The van der Waals surface area contributed by atoms with Crippen LogP contribution in [0.5, 0.6) is 0 Å². The second-order valence-electron chi connectivity index (χ2n) is 2.02. The minimum absolute atomic E-state index is 0.539. The number of hydrogen-bond acceptors (Lipinski definition) is 3. The molecule has 0 aromatic rings. The summed E-state index contributed by atoms with van der Waals surface area (Å²) in [4.78, 5) is 14.4. The van der Waals surface area contributed by atoms with Crippen LogP contribution in [0, 0.1) is 0 Å². The Morgan fingerprint density at radius 1 is 1.50 bits per heavy atom. The third-order valence-electron chi connectivity index (χ3n) is 1.25. The summed E-state index contributed by atoms with van der Waals surface area (Å²) in [6, 6.07) is 0. The summed E-state index contributed by atoms with van der Waals surface area (Å²) in [5, 5.41) is 2.61. The molecule has 0 aromatic carbocycles. The first-order valence-electron chi connectivity index (χ1n) is 3.00. The molecule has 3 nitrogen and oxygen atoms in total. The van der Waals surface area contributed by atoms with Gasteiger partial charge in [-0.15, -0.1) is 0 Å². The van der Waals surface area contributed by atoms with Gasteiger partial charge < -0.3 is 4.84 Å². The molecule has 66 valence electrons. The van der Waals surface area contributed by atoms with Gasteiger partial charge in [0.05, 0.1) is 5.57 Å². The van der Waals surface area contributed by atoms with Gasteiger partial charge in [0.15, 0.2) is 5.71 Å². The maximum atomic E-state index is 12.0. The highest BCUT2D eigenvalue weighted by Crippen LogP contribution is 2.26. The molecule has 1 aliphatic heterocycles. The van der Waals surface area contributed by atoms with Crippen molar-refractivity contribution in [2.75, 3.05) is 0 Å². The minimum Gasteiger partial charge on any atom is -0.312 e. The molecule has 0 amide bonds. The molecule has 0 fully saturated rings. The summed E-state index contributed by atoms with van der Waals surface area (Å²) in [6.45, 7) is 1.31. The Morgan fingerprint density at radius 3 is 2.42 bits per heavy atom. The van der Waals surface area contributed by atoms with Gasteiger partial charge in [-0.2, -0.15) is 13.2 Å². The molecule has 0 aromatic heterocycles. The summed E-state index contributed by atoms with van der Waals surface area (Å²) in [6.07, 6.45) is -3.62. The molecule has 0 aliphatic carbocycles. The van der Waals surface area contributed by atoms with Gasteiger partial charge in [0.25, 0.3) is 0 Å². The van der Waals surface area contributed by atoms with Crippen LogP contribution < -0.4 is 0 Å². The first-order valence-corrected chi connectivity index (χ1v) is 3.00. The van der Waals surface area contributed by atoms with Crippen LogP contribution in [-0.2, 0) is 9.63 Å². The standard InChI is InChI=1S/C6H4F3NO2/c1-2-3-4(6(7,8)9)10-12-5(3)11/h2H,1H3/b3-2-. The van der Waals surface area contributed by atoms with Crippen molar-refractivity contribution < 1.29 is 22.8 Å². The normalized spacial score (nSPS) is 21.2. The predicted octanol–water partition coefficient (Wildman–Crippen LogP) is 1.41. The Labute approximate surface area is 65.5 Å². The number of halogens is 3. The molecule has 1 heterocycles. The molecule has 0 unspecified atom stereocenters. The van der Waals surface area contributed by atoms with Gasteiger partial charge in [0.2, 0.25) is 0 Å². The Bertz CT molecular complexity index is 277. The van der Waals surface area contributed by atoms with Crippen molar-refractivity contribution in [2.45, 2.75) is 13.1 Å². The average Bonchev–Trinajstić information content (AvgIpc) is 2.29. The highest BCUT2D eigenvalue weighted by Gasteiger charge is 2.44. The lowest BCUT2D eigenvalue weighted by atomic mass is 10.1. The molecular weight excluding hydrogens is 175 g/mol. The van der Waals surface area contributed by atoms with E-state index in [2.05, 4.69) is 9.99 Å². The number of alkyl halides is 3. The molecule has 0 atom stereocenters. The van der Waals surface area contributed by atoms with Gasteiger partial charge in [-0.25, -0.2) is 4.79 Å². The van der Waals surface area contributed by atoms with Crippen LogP contribution in [0.3, 0.4) is 0 Å². The third kappa shape index (κ3) is 1.32. The van der Waals surface area contributed by atoms with Crippen LogP contribution >= 0.6 is 0 Å². The quantitative estimate of drug-likeness (QED) is 0.416. The van der Waals surface area contributed by atoms with Gasteiger partial charge in [-0.3, -0.25) is 0 Å². The number of nitrogens with zero attached hydrogens (tertiary/aromatic N) is 1. The first kappa shape index (κ1) is 8.76. The molecule has 0 saturated heterocycles. The summed E-state index contributed by atoms with van der Waals surface area (Å²) in [5.41, 5.74) is -1.81. The van der Waals surface area contributed by atoms with E-state index in [9.17, 15) is 18.0 Å². The van der Waals surface area contributed by atoms with E-state index >= 15 is 0 Å². The zero-order valence-electron chi connectivity index (χ0n) is 5.97. The number of hydrogen-bond donors (Lipinski definition) is 0. The Kier molecular flexibility index (Phi) is 1.91. The lowest BCUT2D eigenvalue weighted by Crippen LogP contribution is -2.24. The number of allylic oxidation sites excluding steroid dienone is 1. The summed E-state index contributed by atoms with van der Waals surface area (Å²) >= 11 is 0. The van der Waals surface area contributed by atoms with E-state index in [1.165, 1.54) is 6.92 Å². The Balaban J connectivity index is 3.02. The zero-order valence-corrected chi connectivity index (χ0v) is 5.97. The van der Waals surface area contributed by atoms with E-state index in [-0.39, 0.29) is 0 Å². The zero-order chi connectivity index (χ0) is 9.35. The van der Waals surface area contributed by atoms with Crippen LogP contribution in [0.1, 0.15) is 6.92 Å². The minimum atomic E-state index is -4.63. The van der Waals surface area contributed by atoms with Gasteiger partial charge in [-0.05, 0) is 6.92 Å². The fraction of sp³-hybridized carbons (Fsp3) is 0.333. The Hall–Kier alpha value is -1.33. The SMILES string of the molecule is C/C=C1\C(=O)ON=C1C(F)(F)F. The van der Waals surface area contributed by atoms with Crippen molar-refractivity contribution in [1.29, 1.82) is 0 Å². The second kappa shape index (κ2) is 2.62. The van der Waals surface area contributed by atoms with Crippen LogP contribution in [0.15, 0.2) is 16.8 Å². The van der Waals surface area contributed by atoms with Crippen LogP contribution in [0.4, 0.5) is 13.2 Å². The lowest BCUT2D eigenvalue weighted by molar-refractivity contribution is -0.136. The summed E-state index contributed by atoms with van der Waals surface area (Å²) in [7, 11) is 0. The topological polar surface area (TPSA) is 38.7 Å². The smallest absolute Gasteiger partial charge is 0.312 e. The third-order valence-corrected chi connectivity index (χ3v) is 1.25. The predicted molar refractivity (Wildman–Crippen MR) is 33.3 cm³/mol. The molecule has 1 rings (SSSR count). The Morgan fingerprint density at radius 2 is 2.08 bits per heavy atom. The molecule has 0 N–H and O–H groups in total. The van der Waals surface area contributed by atoms with Crippen LogP contribution in [0.2, 0.25) is 0 Å². The van der Waals surface area contributed by atoms with Crippen molar-refractivity contribution in [3.63, 3.8) is 0 Å². The maximum Gasteiger partial charge on any atom is 0.437 e. The molecule has 0 spiro atoms. The summed E-state index contributed by atoms with van der Waals surface area (Å²) in [5.74, 6) is -1.06. The number of rotatable bonds is 0. The van der Waals surface area contributed by atoms with Gasteiger partial charge >= 0.3 is 12.1 Å². The van der Waals surface area contributed by atoms with Crippen molar-refractivity contribution in [3.8, 4) is 0 Å². The number of oxime groups is 1. The van der Waals surface area contributed by atoms with Gasteiger partial charge in [0.1, 0.15) is 0 Å². The molecule has 0 bridgehead atoms. The molecule has 0 radical (unpaired) electrons. The molecule has 1 aliphatic rings. The molecule has 12 heavy (non-hydrogen) atoms. The van der Waals surface area contributed by atoms with Crippen LogP contribution in [-0.4, -0.2) is 17.9 Å².